The van der Waals surface area contributed by atoms with Gasteiger partial charge in [-0.1, -0.05) is 32.0 Å². The monoisotopic (exact) mass is 270 g/mol. The van der Waals surface area contributed by atoms with E-state index in [2.05, 4.69) is 13.8 Å². The first-order valence-corrected chi connectivity index (χ1v) is 7.50. The maximum Gasteiger partial charge on any atom is 0.201 e. The molecule has 0 radical (unpaired) electrons. The van der Waals surface area contributed by atoms with E-state index in [-0.39, 0.29) is 11.7 Å². The van der Waals surface area contributed by atoms with Crippen LogP contribution in [0.15, 0.2) is 28.7 Å². The molecule has 2 nitrogen and oxygen atoms in total. The van der Waals surface area contributed by atoms with Crippen LogP contribution in [0.5, 0.6) is 0 Å². The van der Waals surface area contributed by atoms with Crippen molar-refractivity contribution in [1.82, 2.24) is 0 Å². The molecule has 1 heterocycles. The summed E-state index contributed by atoms with van der Waals surface area (Å²) in [6.07, 6.45) is 4.23. The third kappa shape index (κ3) is 2.39. The van der Waals surface area contributed by atoms with Crippen LogP contribution in [0.1, 0.15) is 55.6 Å². The molecule has 2 heteroatoms. The summed E-state index contributed by atoms with van der Waals surface area (Å²) in [4.78, 5) is 12.6. The molecule has 0 saturated heterocycles. The van der Waals surface area contributed by atoms with Crippen molar-refractivity contribution < 1.29 is 9.21 Å². The Kier molecular flexibility index (Phi) is 3.19. The normalized spacial score (nSPS) is 19.4. The number of fused-ring (bicyclic) bond motifs is 1. The molecule has 1 aromatic heterocycles. The quantitative estimate of drug-likeness (QED) is 0.707. The number of ketones is 1. The zero-order valence-electron chi connectivity index (χ0n) is 12.5. The van der Waals surface area contributed by atoms with Crippen LogP contribution in [0.3, 0.4) is 0 Å². The van der Waals surface area contributed by atoms with Crippen LogP contribution in [-0.4, -0.2) is 5.78 Å². The van der Waals surface area contributed by atoms with Crippen LogP contribution >= 0.6 is 0 Å². The molecular weight excluding hydrogens is 248 g/mol. The average Bonchev–Trinajstić information content (AvgIpc) is 2.83. The fourth-order valence-corrected chi connectivity index (χ4v) is 3.19. The second-order valence-corrected chi connectivity index (χ2v) is 6.91. The molecule has 3 rings (SSSR count). The van der Waals surface area contributed by atoms with Crippen LogP contribution < -0.4 is 0 Å². The smallest absolute Gasteiger partial charge is 0.201 e. The van der Waals surface area contributed by atoms with Crippen molar-refractivity contribution in [3.05, 3.63) is 35.6 Å². The van der Waals surface area contributed by atoms with Crippen molar-refractivity contribution in [2.75, 3.05) is 0 Å². The van der Waals surface area contributed by atoms with E-state index in [1.165, 1.54) is 0 Å². The summed E-state index contributed by atoms with van der Waals surface area (Å²) in [5.74, 6) is 0.874. The van der Waals surface area contributed by atoms with Gasteiger partial charge < -0.3 is 4.42 Å². The van der Waals surface area contributed by atoms with Gasteiger partial charge in [0.25, 0.3) is 0 Å². The van der Waals surface area contributed by atoms with E-state index < -0.39 is 0 Å². The van der Waals surface area contributed by atoms with E-state index in [1.807, 2.05) is 31.2 Å². The van der Waals surface area contributed by atoms with Crippen molar-refractivity contribution >= 4 is 16.8 Å². The Hall–Kier alpha value is -1.57. The first-order valence-electron chi connectivity index (χ1n) is 7.50. The molecule has 1 saturated carbocycles. The molecule has 1 aliphatic rings. The summed E-state index contributed by atoms with van der Waals surface area (Å²) >= 11 is 0. The summed E-state index contributed by atoms with van der Waals surface area (Å²) in [6, 6.07) is 7.94. The Morgan fingerprint density at radius 2 is 1.95 bits per heavy atom. The molecule has 0 unspecified atom stereocenters. The van der Waals surface area contributed by atoms with Crippen LogP contribution in [0.4, 0.5) is 0 Å². The zero-order chi connectivity index (χ0) is 14.3. The Balaban J connectivity index is 1.84. The minimum atomic E-state index is 0.142. The lowest BCUT2D eigenvalue weighted by molar-refractivity contribution is 0.0811. The molecule has 0 amide bonds. The predicted octanol–water partition coefficient (Wildman–Crippen LogP) is 5.14. The second kappa shape index (κ2) is 4.76. The molecule has 0 spiro atoms. The third-order valence-electron chi connectivity index (χ3n) is 4.69. The molecule has 0 N–H and O–H groups in total. The molecule has 0 atom stereocenters. The fraction of sp³-hybridized carbons (Fsp3) is 0.500. The van der Waals surface area contributed by atoms with E-state index in [1.54, 1.807) is 0 Å². The number of furan rings is 1. The number of para-hydroxylation sites is 1. The molecule has 20 heavy (non-hydrogen) atoms. The number of carbonyl (C=O) groups is 1. The van der Waals surface area contributed by atoms with Crippen molar-refractivity contribution in [1.29, 1.82) is 0 Å². The summed E-state index contributed by atoms with van der Waals surface area (Å²) < 4.78 is 5.82. The van der Waals surface area contributed by atoms with Gasteiger partial charge in [-0.15, -0.1) is 0 Å². The molecule has 1 aromatic carbocycles. The van der Waals surface area contributed by atoms with Crippen molar-refractivity contribution in [2.45, 2.75) is 46.5 Å². The fourth-order valence-electron chi connectivity index (χ4n) is 3.19. The van der Waals surface area contributed by atoms with Crippen LogP contribution in [0.25, 0.3) is 11.0 Å². The average molecular weight is 270 g/mol. The van der Waals surface area contributed by atoms with Crippen molar-refractivity contribution in [3.63, 3.8) is 0 Å². The van der Waals surface area contributed by atoms with E-state index >= 15 is 0 Å². The van der Waals surface area contributed by atoms with Crippen molar-refractivity contribution in [3.8, 4) is 0 Å². The van der Waals surface area contributed by atoms with Crippen LogP contribution in [-0.2, 0) is 0 Å². The number of Topliss-reactive ketones (excluding diaryl/α,β-unsaturated/α-hetero) is 1. The molecule has 1 fully saturated rings. The Bertz CT molecular complexity index is 638. The van der Waals surface area contributed by atoms with E-state index in [9.17, 15) is 4.79 Å². The van der Waals surface area contributed by atoms with Gasteiger partial charge in [0.2, 0.25) is 5.78 Å². The number of rotatable bonds is 2. The molecule has 106 valence electrons. The van der Waals surface area contributed by atoms with E-state index in [0.29, 0.717) is 11.2 Å². The molecular formula is C18H22O2. The topological polar surface area (TPSA) is 30.2 Å². The van der Waals surface area contributed by atoms with Gasteiger partial charge in [-0.2, -0.15) is 0 Å². The highest BCUT2D eigenvalue weighted by molar-refractivity contribution is 5.99. The van der Waals surface area contributed by atoms with E-state index in [0.717, 1.165) is 42.2 Å². The number of hydrogen-bond acceptors (Lipinski definition) is 2. The number of aryl methyl sites for hydroxylation is 1. The number of hydrogen-bond donors (Lipinski definition) is 0. The van der Waals surface area contributed by atoms with Crippen molar-refractivity contribution in [2.24, 2.45) is 11.3 Å². The highest BCUT2D eigenvalue weighted by atomic mass is 16.3. The summed E-state index contributed by atoms with van der Waals surface area (Å²) in [5.41, 5.74) is 2.33. The van der Waals surface area contributed by atoms with E-state index in [4.69, 9.17) is 4.42 Å². The number of benzene rings is 1. The zero-order valence-corrected chi connectivity index (χ0v) is 12.5. The predicted molar refractivity (Wildman–Crippen MR) is 81.0 cm³/mol. The molecule has 1 aliphatic carbocycles. The lowest BCUT2D eigenvalue weighted by Gasteiger charge is -2.33. The first-order chi connectivity index (χ1) is 9.46. The Morgan fingerprint density at radius 3 is 2.60 bits per heavy atom. The SMILES string of the molecule is Cc1cccc2cc(C(=O)C3CCC(C)(C)CC3)oc12. The summed E-state index contributed by atoms with van der Waals surface area (Å²) in [5, 5.41) is 1.03. The molecule has 0 bridgehead atoms. The maximum atomic E-state index is 12.6. The van der Waals surface area contributed by atoms with Gasteiger partial charge in [-0.05, 0) is 49.7 Å². The van der Waals surface area contributed by atoms with Gasteiger partial charge in [-0.25, -0.2) is 0 Å². The van der Waals surface area contributed by atoms with Gasteiger partial charge in [0.05, 0.1) is 0 Å². The second-order valence-electron chi connectivity index (χ2n) is 6.91. The first kappa shape index (κ1) is 13.4. The van der Waals surface area contributed by atoms with Gasteiger partial charge in [0.1, 0.15) is 5.58 Å². The highest BCUT2D eigenvalue weighted by Crippen LogP contribution is 2.39. The Labute approximate surface area is 120 Å². The summed E-state index contributed by atoms with van der Waals surface area (Å²) in [7, 11) is 0. The molecule has 0 aliphatic heterocycles. The lowest BCUT2D eigenvalue weighted by atomic mass is 9.72. The standard InChI is InChI=1S/C18H22O2/c1-12-5-4-6-14-11-15(20-17(12)14)16(19)13-7-9-18(2,3)10-8-13/h4-6,11,13H,7-10H2,1-3H3. The maximum absolute atomic E-state index is 12.6. The third-order valence-corrected chi connectivity index (χ3v) is 4.69. The van der Waals surface area contributed by atoms with Gasteiger partial charge in [-0.3, -0.25) is 4.79 Å². The minimum Gasteiger partial charge on any atom is -0.453 e. The highest BCUT2D eigenvalue weighted by Gasteiger charge is 2.32. The Morgan fingerprint density at radius 1 is 1.25 bits per heavy atom. The minimum absolute atomic E-state index is 0.142. The number of carbonyl (C=O) groups excluding carboxylic acids is 1. The lowest BCUT2D eigenvalue weighted by Crippen LogP contribution is -2.26. The van der Waals surface area contributed by atoms with Gasteiger partial charge in [0.15, 0.2) is 5.76 Å². The van der Waals surface area contributed by atoms with Crippen LogP contribution in [0.2, 0.25) is 0 Å². The molecule has 2 aromatic rings. The summed E-state index contributed by atoms with van der Waals surface area (Å²) in [6.45, 7) is 6.60. The van der Waals surface area contributed by atoms with Gasteiger partial charge in [0, 0.05) is 11.3 Å². The largest absolute Gasteiger partial charge is 0.453 e. The van der Waals surface area contributed by atoms with Crippen LogP contribution in [0, 0.1) is 18.3 Å². The van der Waals surface area contributed by atoms with Gasteiger partial charge >= 0.3 is 0 Å².